The van der Waals surface area contributed by atoms with E-state index in [0.29, 0.717) is 6.54 Å². The summed E-state index contributed by atoms with van der Waals surface area (Å²) in [6, 6.07) is 12.1. The van der Waals surface area contributed by atoms with Gasteiger partial charge in [-0.1, -0.05) is 48.0 Å². The molecule has 0 radical (unpaired) electrons. The number of aryl methyl sites for hydroxylation is 1. The van der Waals surface area contributed by atoms with Crippen molar-refractivity contribution in [1.82, 2.24) is 0 Å². The van der Waals surface area contributed by atoms with Crippen LogP contribution in [0.3, 0.4) is 0 Å². The fourth-order valence-electron chi connectivity index (χ4n) is 2.44. The molecule has 0 saturated heterocycles. The van der Waals surface area contributed by atoms with Gasteiger partial charge in [-0.05, 0) is 50.1 Å². The van der Waals surface area contributed by atoms with E-state index in [1.165, 1.54) is 5.54 Å². The molecule has 0 atom stereocenters. The van der Waals surface area contributed by atoms with Crippen molar-refractivity contribution in [3.05, 3.63) is 53.6 Å². The lowest BCUT2D eigenvalue weighted by atomic mass is 10.0. The molecule has 0 heterocycles. The van der Waals surface area contributed by atoms with E-state index in [0.717, 1.165) is 22.0 Å². The first-order valence-corrected chi connectivity index (χ1v) is 8.01. The van der Waals surface area contributed by atoms with Gasteiger partial charge in [-0.3, -0.25) is 4.90 Å². The molecule has 4 heteroatoms. The second-order valence-corrected chi connectivity index (χ2v) is 6.64. The van der Waals surface area contributed by atoms with Crippen LogP contribution in [0.2, 0.25) is 0 Å². The Labute approximate surface area is 142 Å². The highest BCUT2D eigenvalue weighted by Crippen LogP contribution is 2.29. The molecule has 0 bridgehead atoms. The van der Waals surface area contributed by atoms with E-state index in [1.54, 1.807) is 11.0 Å². The number of nitrogens with zero attached hydrogens (tertiary/aromatic N) is 1. The number of benzene rings is 2. The van der Waals surface area contributed by atoms with Crippen molar-refractivity contribution in [3.63, 3.8) is 0 Å². The van der Waals surface area contributed by atoms with Crippen LogP contribution in [0.1, 0.15) is 26.3 Å². The number of halogens is 1. The topological polar surface area (TPSA) is 29.5 Å². The zero-order valence-corrected chi connectivity index (χ0v) is 14.7. The van der Waals surface area contributed by atoms with Crippen LogP contribution in [0.25, 0.3) is 10.8 Å². The molecular weight excluding hydrogens is 310 g/mol. The van der Waals surface area contributed by atoms with E-state index < -0.39 is 5.60 Å². The van der Waals surface area contributed by atoms with Gasteiger partial charge in [-0.25, -0.2) is 4.79 Å². The van der Waals surface area contributed by atoms with Crippen LogP contribution in [0.4, 0.5) is 10.5 Å². The van der Waals surface area contributed by atoms with Crippen molar-refractivity contribution >= 4 is 34.2 Å². The van der Waals surface area contributed by atoms with Crippen LogP contribution in [-0.2, 0) is 4.74 Å². The number of hydrogen-bond donors (Lipinski definition) is 0. The molecule has 3 nitrogen and oxygen atoms in total. The van der Waals surface area contributed by atoms with Gasteiger partial charge in [-0.2, -0.15) is 0 Å². The fourth-order valence-corrected chi connectivity index (χ4v) is 2.52. The SMILES string of the molecule is Cc1c(N(C/C=C/Cl)C(=O)OC(C)(C)C)ccc2ccccc12. The average molecular weight is 332 g/mol. The average Bonchev–Trinajstić information content (AvgIpc) is 2.48. The molecule has 122 valence electrons. The molecule has 2 aromatic carbocycles. The zero-order chi connectivity index (χ0) is 17.0. The Hall–Kier alpha value is -2.00. The molecule has 0 fully saturated rings. The van der Waals surface area contributed by atoms with Crippen LogP contribution in [0, 0.1) is 6.92 Å². The van der Waals surface area contributed by atoms with E-state index in [4.69, 9.17) is 16.3 Å². The molecule has 0 spiro atoms. The minimum absolute atomic E-state index is 0.359. The molecule has 0 N–H and O–H groups in total. The first-order valence-electron chi connectivity index (χ1n) is 7.57. The Morgan fingerprint density at radius 3 is 2.57 bits per heavy atom. The third kappa shape index (κ3) is 4.26. The van der Waals surface area contributed by atoms with Gasteiger partial charge in [-0.15, -0.1) is 0 Å². The molecule has 0 aromatic heterocycles. The second-order valence-electron chi connectivity index (χ2n) is 6.38. The number of ether oxygens (including phenoxy) is 1. The van der Waals surface area contributed by atoms with Gasteiger partial charge in [0.2, 0.25) is 0 Å². The Bertz CT molecular complexity index is 732. The first-order chi connectivity index (χ1) is 10.8. The number of amides is 1. The lowest BCUT2D eigenvalue weighted by Crippen LogP contribution is -2.37. The lowest BCUT2D eigenvalue weighted by Gasteiger charge is -2.28. The van der Waals surface area contributed by atoms with Crippen molar-refractivity contribution in [2.45, 2.75) is 33.3 Å². The molecule has 2 aromatic rings. The van der Waals surface area contributed by atoms with Gasteiger partial charge >= 0.3 is 6.09 Å². The summed E-state index contributed by atoms with van der Waals surface area (Å²) >= 11 is 5.65. The van der Waals surface area contributed by atoms with Gasteiger partial charge in [0.15, 0.2) is 0 Å². The van der Waals surface area contributed by atoms with Crippen LogP contribution in [0.5, 0.6) is 0 Å². The highest BCUT2D eigenvalue weighted by molar-refractivity contribution is 6.25. The predicted molar refractivity (Wildman–Crippen MR) is 97.3 cm³/mol. The molecule has 0 unspecified atom stereocenters. The van der Waals surface area contributed by atoms with E-state index in [1.807, 2.05) is 52.0 Å². The maximum absolute atomic E-state index is 12.6. The quantitative estimate of drug-likeness (QED) is 0.728. The molecule has 1 amide bonds. The second kappa shape index (κ2) is 7.05. The first kappa shape index (κ1) is 17.4. The summed E-state index contributed by atoms with van der Waals surface area (Å²) < 4.78 is 5.53. The highest BCUT2D eigenvalue weighted by atomic mass is 35.5. The summed E-state index contributed by atoms with van der Waals surface area (Å²) in [7, 11) is 0. The maximum atomic E-state index is 12.6. The smallest absolute Gasteiger partial charge is 0.415 e. The number of rotatable bonds is 3. The van der Waals surface area contributed by atoms with Crippen molar-refractivity contribution in [3.8, 4) is 0 Å². The minimum Gasteiger partial charge on any atom is -0.443 e. The standard InChI is InChI=1S/C19H22ClNO2/c1-14-16-9-6-5-8-15(16)10-11-17(14)21(13-7-12-20)18(22)23-19(2,3)4/h5-12H,13H2,1-4H3/b12-7+. The van der Waals surface area contributed by atoms with Crippen LogP contribution in [0.15, 0.2) is 48.0 Å². The summed E-state index contributed by atoms with van der Waals surface area (Å²) in [4.78, 5) is 14.2. The largest absolute Gasteiger partial charge is 0.443 e. The summed E-state index contributed by atoms with van der Waals surface area (Å²) in [6.45, 7) is 7.94. The summed E-state index contributed by atoms with van der Waals surface area (Å²) in [5.74, 6) is 0. The number of carbonyl (C=O) groups excluding carboxylic acids is 1. The molecule has 23 heavy (non-hydrogen) atoms. The lowest BCUT2D eigenvalue weighted by molar-refractivity contribution is 0.0584. The molecule has 2 rings (SSSR count). The van der Waals surface area contributed by atoms with Crippen molar-refractivity contribution < 1.29 is 9.53 Å². The van der Waals surface area contributed by atoms with Crippen LogP contribution >= 0.6 is 11.6 Å². The van der Waals surface area contributed by atoms with Gasteiger partial charge in [0, 0.05) is 12.1 Å². The number of fused-ring (bicyclic) bond motifs is 1. The van der Waals surface area contributed by atoms with Gasteiger partial charge in [0.05, 0.1) is 5.69 Å². The maximum Gasteiger partial charge on any atom is 0.415 e. The molecule has 0 aliphatic heterocycles. The Balaban J connectivity index is 2.46. The number of hydrogen-bond acceptors (Lipinski definition) is 2. The summed E-state index contributed by atoms with van der Waals surface area (Å²) in [5.41, 5.74) is 2.73. The van der Waals surface area contributed by atoms with Crippen molar-refractivity contribution in [2.75, 3.05) is 11.4 Å². The van der Waals surface area contributed by atoms with Gasteiger partial charge in [0.1, 0.15) is 5.60 Å². The zero-order valence-electron chi connectivity index (χ0n) is 14.0. The Morgan fingerprint density at radius 1 is 1.22 bits per heavy atom. The van der Waals surface area contributed by atoms with Crippen molar-refractivity contribution in [1.29, 1.82) is 0 Å². The summed E-state index contributed by atoms with van der Waals surface area (Å²) in [6.07, 6.45) is 1.34. The predicted octanol–water partition coefficient (Wildman–Crippen LogP) is 5.64. The van der Waals surface area contributed by atoms with Crippen LogP contribution < -0.4 is 4.90 Å². The minimum atomic E-state index is -0.551. The fraction of sp³-hybridized carbons (Fsp3) is 0.316. The van der Waals surface area contributed by atoms with E-state index in [-0.39, 0.29) is 6.09 Å². The van der Waals surface area contributed by atoms with Crippen molar-refractivity contribution in [2.24, 2.45) is 0 Å². The summed E-state index contributed by atoms with van der Waals surface area (Å²) in [5, 5.41) is 2.26. The van der Waals surface area contributed by atoms with E-state index in [9.17, 15) is 4.79 Å². The normalized spacial score (nSPS) is 11.9. The molecular formula is C19H22ClNO2. The molecule has 0 aliphatic carbocycles. The van der Waals surface area contributed by atoms with Gasteiger partial charge < -0.3 is 4.74 Å². The van der Waals surface area contributed by atoms with E-state index >= 15 is 0 Å². The van der Waals surface area contributed by atoms with Gasteiger partial charge in [0.25, 0.3) is 0 Å². The Kier molecular flexibility index (Phi) is 5.32. The number of carbonyl (C=O) groups is 1. The monoisotopic (exact) mass is 331 g/mol. The number of anilines is 1. The van der Waals surface area contributed by atoms with E-state index in [2.05, 4.69) is 12.1 Å². The van der Waals surface area contributed by atoms with Crippen LogP contribution in [-0.4, -0.2) is 18.2 Å². The molecule has 0 saturated carbocycles. The Morgan fingerprint density at radius 2 is 1.91 bits per heavy atom. The third-order valence-corrected chi connectivity index (χ3v) is 3.63. The molecule has 0 aliphatic rings. The third-order valence-electron chi connectivity index (χ3n) is 3.45. The highest BCUT2D eigenvalue weighted by Gasteiger charge is 2.24.